The van der Waals surface area contributed by atoms with Crippen molar-refractivity contribution in [1.29, 1.82) is 0 Å². The van der Waals surface area contributed by atoms with E-state index in [1.807, 2.05) is 30.3 Å². The topological polar surface area (TPSA) is 62.6 Å². The van der Waals surface area contributed by atoms with Gasteiger partial charge in [-0.05, 0) is 11.6 Å². The maximum absolute atomic E-state index is 13.0. The van der Waals surface area contributed by atoms with Gasteiger partial charge in [0.1, 0.15) is 0 Å². The summed E-state index contributed by atoms with van der Waals surface area (Å²) < 4.78 is 1.40. The Morgan fingerprint density at radius 2 is 1.76 bits per heavy atom. The summed E-state index contributed by atoms with van der Waals surface area (Å²) in [5.41, 5.74) is 1.31. The molecule has 6 heteroatoms. The highest BCUT2D eigenvalue weighted by Gasteiger charge is 2.33. The predicted molar refractivity (Wildman–Crippen MR) is 94.2 cm³/mol. The van der Waals surface area contributed by atoms with Crippen molar-refractivity contribution in [3.63, 3.8) is 0 Å². The van der Waals surface area contributed by atoms with Crippen LogP contribution in [0.25, 0.3) is 0 Å². The second-order valence-electron chi connectivity index (χ2n) is 6.26. The molecule has 1 aliphatic rings. The summed E-state index contributed by atoms with van der Waals surface area (Å²) in [6, 6.07) is 12.5. The fourth-order valence-corrected chi connectivity index (χ4v) is 3.16. The average molecular weight is 339 g/mol. The van der Waals surface area contributed by atoms with Crippen LogP contribution in [0.15, 0.2) is 53.5 Å². The molecule has 2 amide bonds. The number of carbonyl (C=O) groups is 2. The van der Waals surface area contributed by atoms with Crippen molar-refractivity contribution >= 4 is 11.8 Å². The van der Waals surface area contributed by atoms with E-state index in [0.29, 0.717) is 25.2 Å². The van der Waals surface area contributed by atoms with Crippen LogP contribution in [-0.4, -0.2) is 45.8 Å². The lowest BCUT2D eigenvalue weighted by molar-refractivity contribution is -0.131. The van der Waals surface area contributed by atoms with Crippen molar-refractivity contribution in [3.8, 4) is 0 Å². The number of piperazine rings is 1. The maximum Gasteiger partial charge on any atom is 0.255 e. The summed E-state index contributed by atoms with van der Waals surface area (Å²) in [6.45, 7) is 2.99. The Morgan fingerprint density at radius 1 is 1.04 bits per heavy atom. The van der Waals surface area contributed by atoms with E-state index in [1.165, 1.54) is 10.6 Å². The van der Waals surface area contributed by atoms with Gasteiger partial charge in [0.05, 0.1) is 11.6 Å². The van der Waals surface area contributed by atoms with Crippen LogP contribution in [0, 0.1) is 0 Å². The molecule has 0 bridgehead atoms. The molecule has 1 aromatic carbocycles. The maximum atomic E-state index is 13.0. The standard InChI is InChI=1S/C19H21N3O3/c1-14(23)21-10-11-22(17(13-21)15-6-4-3-5-7-15)19(25)16-8-9-18(24)20(2)12-16/h3-9,12,17H,10-11,13H2,1-2H3. The number of rotatable bonds is 2. The molecule has 0 radical (unpaired) electrons. The third kappa shape index (κ3) is 3.47. The second kappa shape index (κ2) is 6.93. The van der Waals surface area contributed by atoms with E-state index in [9.17, 15) is 14.4 Å². The number of pyridine rings is 1. The van der Waals surface area contributed by atoms with E-state index in [-0.39, 0.29) is 23.4 Å². The van der Waals surface area contributed by atoms with Gasteiger partial charge in [-0.25, -0.2) is 0 Å². The summed E-state index contributed by atoms with van der Waals surface area (Å²) in [5.74, 6) is -0.122. The summed E-state index contributed by atoms with van der Waals surface area (Å²) in [5, 5.41) is 0. The van der Waals surface area contributed by atoms with Gasteiger partial charge in [-0.2, -0.15) is 0 Å². The monoisotopic (exact) mass is 339 g/mol. The van der Waals surface area contributed by atoms with E-state index in [1.54, 1.807) is 36.0 Å². The smallest absolute Gasteiger partial charge is 0.255 e. The molecule has 0 saturated carbocycles. The Bertz CT molecular complexity index is 844. The van der Waals surface area contributed by atoms with Crippen LogP contribution in [-0.2, 0) is 11.8 Å². The van der Waals surface area contributed by atoms with Crippen LogP contribution in [0.3, 0.4) is 0 Å². The van der Waals surface area contributed by atoms with Crippen molar-refractivity contribution in [2.75, 3.05) is 19.6 Å². The summed E-state index contributed by atoms with van der Waals surface area (Å²) in [6.07, 6.45) is 1.56. The summed E-state index contributed by atoms with van der Waals surface area (Å²) in [4.78, 5) is 39.9. The number of aromatic nitrogens is 1. The zero-order valence-corrected chi connectivity index (χ0v) is 14.4. The van der Waals surface area contributed by atoms with Gasteiger partial charge in [-0.15, -0.1) is 0 Å². The van der Waals surface area contributed by atoms with Crippen LogP contribution in [0.4, 0.5) is 0 Å². The minimum atomic E-state index is -0.205. The molecular weight excluding hydrogens is 318 g/mol. The Labute approximate surface area is 146 Å². The highest BCUT2D eigenvalue weighted by atomic mass is 16.2. The van der Waals surface area contributed by atoms with Crippen LogP contribution < -0.4 is 5.56 Å². The van der Waals surface area contributed by atoms with Crippen molar-refractivity contribution in [1.82, 2.24) is 14.4 Å². The quantitative estimate of drug-likeness (QED) is 0.831. The van der Waals surface area contributed by atoms with E-state index >= 15 is 0 Å². The van der Waals surface area contributed by atoms with Crippen molar-refractivity contribution in [2.45, 2.75) is 13.0 Å². The summed E-state index contributed by atoms with van der Waals surface area (Å²) in [7, 11) is 1.63. The fourth-order valence-electron chi connectivity index (χ4n) is 3.16. The molecule has 2 aromatic rings. The molecule has 1 unspecified atom stereocenters. The first-order chi connectivity index (χ1) is 12.0. The molecule has 3 rings (SSSR count). The number of aryl methyl sites for hydroxylation is 1. The predicted octanol–water partition coefficient (Wildman–Crippen LogP) is 1.43. The average Bonchev–Trinajstić information content (AvgIpc) is 2.63. The molecule has 1 aromatic heterocycles. The van der Waals surface area contributed by atoms with E-state index in [2.05, 4.69) is 0 Å². The molecule has 2 heterocycles. The Morgan fingerprint density at radius 3 is 2.40 bits per heavy atom. The van der Waals surface area contributed by atoms with Gasteiger partial charge in [0.15, 0.2) is 0 Å². The molecule has 130 valence electrons. The number of amides is 2. The van der Waals surface area contributed by atoms with Crippen LogP contribution >= 0.6 is 0 Å². The Hall–Kier alpha value is -2.89. The summed E-state index contributed by atoms with van der Waals surface area (Å²) >= 11 is 0. The first-order valence-corrected chi connectivity index (χ1v) is 8.25. The first kappa shape index (κ1) is 17.0. The molecule has 1 saturated heterocycles. The zero-order valence-electron chi connectivity index (χ0n) is 14.4. The van der Waals surface area contributed by atoms with Crippen LogP contribution in [0.1, 0.15) is 28.9 Å². The highest BCUT2D eigenvalue weighted by molar-refractivity contribution is 5.94. The number of carbonyl (C=O) groups excluding carboxylic acids is 2. The van der Waals surface area contributed by atoms with Gasteiger partial charge in [-0.1, -0.05) is 30.3 Å². The van der Waals surface area contributed by atoms with Gasteiger partial charge in [0.2, 0.25) is 11.5 Å². The molecule has 0 aliphatic carbocycles. The highest BCUT2D eigenvalue weighted by Crippen LogP contribution is 2.27. The lowest BCUT2D eigenvalue weighted by Gasteiger charge is -2.41. The van der Waals surface area contributed by atoms with Crippen molar-refractivity contribution in [2.24, 2.45) is 7.05 Å². The van der Waals surface area contributed by atoms with Gasteiger partial charge in [0.25, 0.3) is 5.91 Å². The number of hydrogen-bond acceptors (Lipinski definition) is 3. The van der Waals surface area contributed by atoms with Gasteiger partial charge in [0, 0.05) is 45.9 Å². The van der Waals surface area contributed by atoms with Gasteiger partial charge in [-0.3, -0.25) is 14.4 Å². The number of hydrogen-bond donors (Lipinski definition) is 0. The minimum Gasteiger partial charge on any atom is -0.339 e. The normalized spacial score (nSPS) is 17.4. The Kier molecular flexibility index (Phi) is 4.70. The molecule has 0 N–H and O–H groups in total. The third-order valence-electron chi connectivity index (χ3n) is 4.60. The molecular formula is C19H21N3O3. The lowest BCUT2D eigenvalue weighted by atomic mass is 10.0. The van der Waals surface area contributed by atoms with Gasteiger partial charge < -0.3 is 14.4 Å². The molecule has 1 aliphatic heterocycles. The van der Waals surface area contributed by atoms with Gasteiger partial charge >= 0.3 is 0 Å². The zero-order chi connectivity index (χ0) is 18.0. The molecule has 6 nitrogen and oxygen atoms in total. The molecule has 1 fully saturated rings. The fraction of sp³-hybridized carbons (Fsp3) is 0.316. The first-order valence-electron chi connectivity index (χ1n) is 8.25. The minimum absolute atomic E-state index is 0.00939. The lowest BCUT2D eigenvalue weighted by Crippen LogP contribution is -2.52. The van der Waals surface area contributed by atoms with E-state index < -0.39 is 0 Å². The molecule has 25 heavy (non-hydrogen) atoms. The van der Waals surface area contributed by atoms with Crippen molar-refractivity contribution in [3.05, 3.63) is 70.1 Å². The third-order valence-corrected chi connectivity index (χ3v) is 4.60. The van der Waals surface area contributed by atoms with E-state index in [0.717, 1.165) is 5.56 Å². The number of nitrogens with zero attached hydrogens (tertiary/aromatic N) is 3. The van der Waals surface area contributed by atoms with Crippen molar-refractivity contribution < 1.29 is 9.59 Å². The second-order valence-corrected chi connectivity index (χ2v) is 6.26. The SMILES string of the molecule is CC(=O)N1CCN(C(=O)c2ccc(=O)n(C)c2)C(c2ccccc2)C1. The van der Waals surface area contributed by atoms with Crippen LogP contribution in [0.5, 0.6) is 0 Å². The largest absolute Gasteiger partial charge is 0.339 e. The Balaban J connectivity index is 1.94. The van der Waals surface area contributed by atoms with Crippen LogP contribution in [0.2, 0.25) is 0 Å². The molecule has 1 atom stereocenters. The number of benzene rings is 1. The van der Waals surface area contributed by atoms with E-state index in [4.69, 9.17) is 0 Å². The molecule has 0 spiro atoms.